The van der Waals surface area contributed by atoms with E-state index in [1.807, 2.05) is 0 Å². The molecular weight excluding hydrogens is 249 g/mol. The molecule has 3 aromatic rings. The first kappa shape index (κ1) is 11.3. The van der Waals surface area contributed by atoms with Crippen molar-refractivity contribution in [1.82, 2.24) is 9.38 Å². The maximum absolute atomic E-state index is 13.1. The predicted molar refractivity (Wildman–Crippen MR) is 67.2 cm³/mol. The number of nitro benzene ring substituents is 1. The summed E-state index contributed by atoms with van der Waals surface area (Å²) in [6.45, 7) is 0. The Morgan fingerprint density at radius 1 is 1.11 bits per heavy atom. The Hall–Kier alpha value is -2.76. The van der Waals surface area contributed by atoms with Gasteiger partial charge in [-0.3, -0.25) is 10.1 Å². The smallest absolute Gasteiger partial charge is 0.269 e. The highest BCUT2D eigenvalue weighted by Crippen LogP contribution is 2.22. The molecule has 0 unspecified atom stereocenters. The standard InChI is InChI=1S/C13H8FN3O2/c14-10-3-6-13-15-12(8-16(13)7-10)9-1-4-11(5-2-9)17(18)19/h1-8H. The highest BCUT2D eigenvalue weighted by molar-refractivity contribution is 5.63. The maximum atomic E-state index is 13.1. The Balaban J connectivity index is 2.06. The number of non-ortho nitro benzene ring substituents is 1. The molecule has 0 saturated carbocycles. The number of pyridine rings is 1. The van der Waals surface area contributed by atoms with Crippen molar-refractivity contribution in [1.29, 1.82) is 0 Å². The van der Waals surface area contributed by atoms with E-state index in [2.05, 4.69) is 4.98 Å². The Labute approximate surface area is 107 Å². The van der Waals surface area contributed by atoms with Crippen LogP contribution in [0.2, 0.25) is 0 Å². The Morgan fingerprint density at radius 3 is 2.53 bits per heavy atom. The van der Waals surface area contributed by atoms with Crippen LogP contribution in [-0.4, -0.2) is 14.3 Å². The van der Waals surface area contributed by atoms with E-state index in [0.717, 1.165) is 5.56 Å². The number of hydrogen-bond acceptors (Lipinski definition) is 3. The van der Waals surface area contributed by atoms with Gasteiger partial charge in [-0.1, -0.05) is 0 Å². The van der Waals surface area contributed by atoms with Crippen molar-refractivity contribution in [3.8, 4) is 11.3 Å². The third-order valence-corrected chi connectivity index (χ3v) is 2.79. The van der Waals surface area contributed by atoms with Crippen LogP contribution in [0, 0.1) is 15.9 Å². The summed E-state index contributed by atoms with van der Waals surface area (Å²) in [5.41, 5.74) is 2.03. The van der Waals surface area contributed by atoms with Gasteiger partial charge in [0.05, 0.1) is 10.6 Å². The van der Waals surface area contributed by atoms with Crippen LogP contribution < -0.4 is 0 Å². The van der Waals surface area contributed by atoms with Crippen LogP contribution in [0.1, 0.15) is 0 Å². The predicted octanol–water partition coefficient (Wildman–Crippen LogP) is 3.05. The van der Waals surface area contributed by atoms with E-state index in [4.69, 9.17) is 0 Å². The van der Waals surface area contributed by atoms with Crippen molar-refractivity contribution >= 4 is 11.3 Å². The van der Waals surface area contributed by atoms with E-state index >= 15 is 0 Å². The lowest BCUT2D eigenvalue weighted by molar-refractivity contribution is -0.384. The van der Waals surface area contributed by atoms with Gasteiger partial charge in [0.15, 0.2) is 0 Å². The summed E-state index contributed by atoms with van der Waals surface area (Å²) in [7, 11) is 0. The molecule has 0 aliphatic carbocycles. The zero-order valence-corrected chi connectivity index (χ0v) is 9.65. The van der Waals surface area contributed by atoms with Crippen LogP contribution in [0.4, 0.5) is 10.1 Å². The molecule has 19 heavy (non-hydrogen) atoms. The van der Waals surface area contributed by atoms with Crippen LogP contribution in [0.5, 0.6) is 0 Å². The number of hydrogen-bond donors (Lipinski definition) is 0. The van der Waals surface area contributed by atoms with Gasteiger partial charge in [0, 0.05) is 30.1 Å². The molecule has 2 aromatic heterocycles. The van der Waals surface area contributed by atoms with Crippen molar-refractivity contribution in [3.05, 3.63) is 64.7 Å². The monoisotopic (exact) mass is 257 g/mol. The van der Waals surface area contributed by atoms with Gasteiger partial charge in [0.1, 0.15) is 11.5 Å². The molecule has 0 spiro atoms. The summed E-state index contributed by atoms with van der Waals surface area (Å²) in [5.74, 6) is -0.347. The summed E-state index contributed by atoms with van der Waals surface area (Å²) in [5, 5.41) is 10.6. The molecule has 0 amide bonds. The molecule has 94 valence electrons. The van der Waals surface area contributed by atoms with E-state index in [-0.39, 0.29) is 11.5 Å². The second-order valence-electron chi connectivity index (χ2n) is 4.04. The molecule has 6 heteroatoms. The molecule has 0 bridgehead atoms. The zero-order chi connectivity index (χ0) is 13.4. The van der Waals surface area contributed by atoms with Gasteiger partial charge in [-0.05, 0) is 24.3 Å². The zero-order valence-electron chi connectivity index (χ0n) is 9.65. The molecule has 2 heterocycles. The molecule has 0 fully saturated rings. The number of nitro groups is 1. The Bertz CT molecular complexity index is 765. The average molecular weight is 257 g/mol. The molecule has 0 saturated heterocycles. The lowest BCUT2D eigenvalue weighted by atomic mass is 10.1. The lowest BCUT2D eigenvalue weighted by Crippen LogP contribution is -1.87. The van der Waals surface area contributed by atoms with Crippen molar-refractivity contribution in [2.45, 2.75) is 0 Å². The summed E-state index contributed by atoms with van der Waals surface area (Å²) in [4.78, 5) is 14.4. The van der Waals surface area contributed by atoms with E-state index in [1.165, 1.54) is 24.4 Å². The molecule has 1 aromatic carbocycles. The molecular formula is C13H8FN3O2. The van der Waals surface area contributed by atoms with Gasteiger partial charge in [-0.15, -0.1) is 0 Å². The van der Waals surface area contributed by atoms with Crippen molar-refractivity contribution < 1.29 is 9.31 Å². The van der Waals surface area contributed by atoms with Gasteiger partial charge >= 0.3 is 0 Å². The van der Waals surface area contributed by atoms with Crippen molar-refractivity contribution in [2.75, 3.05) is 0 Å². The number of rotatable bonds is 2. The fraction of sp³-hybridized carbons (Fsp3) is 0. The maximum Gasteiger partial charge on any atom is 0.269 e. The second kappa shape index (κ2) is 4.16. The average Bonchev–Trinajstić information content (AvgIpc) is 2.81. The lowest BCUT2D eigenvalue weighted by Gasteiger charge is -1.95. The summed E-state index contributed by atoms with van der Waals surface area (Å²) < 4.78 is 14.6. The normalized spacial score (nSPS) is 10.8. The van der Waals surface area contributed by atoms with E-state index < -0.39 is 4.92 Å². The molecule has 0 radical (unpaired) electrons. The van der Waals surface area contributed by atoms with Crippen molar-refractivity contribution in [3.63, 3.8) is 0 Å². The van der Waals surface area contributed by atoms with Crippen molar-refractivity contribution in [2.24, 2.45) is 0 Å². The highest BCUT2D eigenvalue weighted by Gasteiger charge is 2.08. The van der Waals surface area contributed by atoms with Crippen LogP contribution in [0.15, 0.2) is 48.8 Å². The Kier molecular flexibility index (Phi) is 2.49. The number of fused-ring (bicyclic) bond motifs is 1. The third-order valence-electron chi connectivity index (χ3n) is 2.79. The largest absolute Gasteiger partial charge is 0.304 e. The summed E-state index contributed by atoms with van der Waals surface area (Å²) >= 11 is 0. The van der Waals surface area contributed by atoms with Crippen LogP contribution in [0.25, 0.3) is 16.9 Å². The number of nitrogens with zero attached hydrogens (tertiary/aromatic N) is 3. The van der Waals surface area contributed by atoms with Gasteiger partial charge in [-0.25, -0.2) is 9.37 Å². The minimum Gasteiger partial charge on any atom is -0.304 e. The van der Waals surface area contributed by atoms with Crippen LogP contribution in [0.3, 0.4) is 0 Å². The second-order valence-corrected chi connectivity index (χ2v) is 4.04. The fourth-order valence-corrected chi connectivity index (χ4v) is 1.86. The number of benzene rings is 1. The van der Waals surface area contributed by atoms with E-state index in [9.17, 15) is 14.5 Å². The minimum atomic E-state index is -0.456. The first-order valence-corrected chi connectivity index (χ1v) is 5.52. The highest BCUT2D eigenvalue weighted by atomic mass is 19.1. The molecule has 0 atom stereocenters. The topological polar surface area (TPSA) is 60.4 Å². The molecule has 5 nitrogen and oxygen atoms in total. The first-order chi connectivity index (χ1) is 9.13. The van der Waals surface area contributed by atoms with Crippen LogP contribution in [-0.2, 0) is 0 Å². The minimum absolute atomic E-state index is 0.0264. The van der Waals surface area contributed by atoms with E-state index in [0.29, 0.717) is 11.3 Å². The first-order valence-electron chi connectivity index (χ1n) is 5.52. The van der Waals surface area contributed by atoms with Gasteiger partial charge in [0.2, 0.25) is 0 Å². The SMILES string of the molecule is O=[N+]([O-])c1ccc(-c2cn3cc(F)ccc3n2)cc1. The fourth-order valence-electron chi connectivity index (χ4n) is 1.86. The van der Waals surface area contributed by atoms with Crippen LogP contribution >= 0.6 is 0 Å². The summed E-state index contributed by atoms with van der Waals surface area (Å²) in [6, 6.07) is 8.98. The molecule has 0 aliphatic heterocycles. The number of aromatic nitrogens is 2. The summed E-state index contributed by atoms with van der Waals surface area (Å²) in [6.07, 6.45) is 3.01. The molecule has 0 aliphatic rings. The third kappa shape index (κ3) is 2.03. The van der Waals surface area contributed by atoms with Gasteiger partial charge in [0.25, 0.3) is 5.69 Å². The number of halogens is 1. The van der Waals surface area contributed by atoms with E-state index in [1.54, 1.807) is 28.8 Å². The quantitative estimate of drug-likeness (QED) is 0.523. The number of imidazole rings is 1. The van der Waals surface area contributed by atoms with Gasteiger partial charge in [-0.2, -0.15) is 0 Å². The molecule has 3 rings (SSSR count). The molecule has 0 N–H and O–H groups in total. The Morgan fingerprint density at radius 2 is 1.84 bits per heavy atom. The van der Waals surface area contributed by atoms with Gasteiger partial charge < -0.3 is 4.40 Å².